The summed E-state index contributed by atoms with van der Waals surface area (Å²) in [6.45, 7) is 4.18. The first-order valence-corrected chi connectivity index (χ1v) is 11.0. The molecule has 0 saturated heterocycles. The van der Waals surface area contributed by atoms with Crippen molar-refractivity contribution in [2.45, 2.75) is 116 Å². The van der Waals surface area contributed by atoms with Gasteiger partial charge in [-0.05, 0) is 32.6 Å². The first-order valence-electron chi connectivity index (χ1n) is 11.0. The number of carboxylic acids is 1. The maximum absolute atomic E-state index is 12.3. The van der Waals surface area contributed by atoms with Crippen LogP contribution in [0.2, 0.25) is 0 Å². The number of carbonyl (C=O) groups excluding carboxylic acids is 1. The van der Waals surface area contributed by atoms with E-state index in [-0.39, 0.29) is 12.1 Å². The third-order valence-electron chi connectivity index (χ3n) is 5.67. The van der Waals surface area contributed by atoms with Gasteiger partial charge in [-0.25, -0.2) is 0 Å². The number of rotatable bonds is 14. The van der Waals surface area contributed by atoms with Crippen LogP contribution < -0.4 is 0 Å². The smallest absolute Gasteiger partial charge is 0.310 e. The van der Waals surface area contributed by atoms with Crippen LogP contribution in [0.5, 0.6) is 0 Å². The number of aliphatic carboxylic acids is 1. The van der Waals surface area contributed by atoms with Crippen LogP contribution in [-0.4, -0.2) is 23.1 Å². The summed E-state index contributed by atoms with van der Waals surface area (Å²) in [5.74, 6) is -2.15. The lowest BCUT2D eigenvalue weighted by Crippen LogP contribution is -2.35. The van der Waals surface area contributed by atoms with Gasteiger partial charge >= 0.3 is 11.9 Å². The molecule has 0 aliphatic heterocycles. The average molecular weight is 369 g/mol. The number of unbranched alkanes of at least 4 members (excludes halogenated alkanes) is 9. The number of hydrogen-bond donors (Lipinski definition) is 1. The van der Waals surface area contributed by atoms with Gasteiger partial charge in [-0.2, -0.15) is 0 Å². The summed E-state index contributed by atoms with van der Waals surface area (Å²) in [6, 6.07) is 0. The van der Waals surface area contributed by atoms with Gasteiger partial charge in [-0.15, -0.1) is 0 Å². The Bertz CT molecular complexity index is 394. The highest BCUT2D eigenvalue weighted by atomic mass is 16.5. The number of ether oxygens (including phenoxy) is 1. The van der Waals surface area contributed by atoms with Crippen LogP contribution in [0.3, 0.4) is 0 Å². The summed E-state index contributed by atoms with van der Waals surface area (Å²) in [5.41, 5.74) is 0. The Morgan fingerprint density at radius 2 is 1.38 bits per heavy atom. The standard InChI is InChI=1S/C22H40O4/c1-3-4-5-6-7-8-9-10-11-12-15-18(2)26-22(25)20-17-14-13-16-19(20)21(23)24/h18-20H,3-17H2,1-2H3,(H,23,24). The molecular formula is C22H40O4. The fourth-order valence-electron chi connectivity index (χ4n) is 3.97. The van der Waals surface area contributed by atoms with Gasteiger partial charge in [0.15, 0.2) is 0 Å². The molecule has 0 heterocycles. The van der Waals surface area contributed by atoms with Crippen molar-refractivity contribution >= 4 is 11.9 Å². The van der Waals surface area contributed by atoms with E-state index in [1.165, 1.54) is 57.8 Å². The van der Waals surface area contributed by atoms with Gasteiger partial charge in [0.25, 0.3) is 0 Å². The first kappa shape index (κ1) is 23.0. The number of carboxylic acid groups (broad SMARTS) is 1. The van der Waals surface area contributed by atoms with Crippen molar-refractivity contribution in [3.63, 3.8) is 0 Å². The van der Waals surface area contributed by atoms with Crippen molar-refractivity contribution in [3.05, 3.63) is 0 Å². The maximum Gasteiger partial charge on any atom is 0.310 e. The molecule has 1 aliphatic carbocycles. The van der Waals surface area contributed by atoms with Gasteiger partial charge in [-0.1, -0.05) is 77.6 Å². The lowest BCUT2D eigenvalue weighted by molar-refractivity contribution is -0.163. The van der Waals surface area contributed by atoms with Crippen molar-refractivity contribution in [3.8, 4) is 0 Å². The van der Waals surface area contributed by atoms with Crippen LogP contribution in [0.1, 0.15) is 110 Å². The summed E-state index contributed by atoms with van der Waals surface area (Å²) >= 11 is 0. The molecule has 0 aromatic rings. The minimum absolute atomic E-state index is 0.104. The Hall–Kier alpha value is -1.06. The van der Waals surface area contributed by atoms with Gasteiger partial charge in [0, 0.05) is 0 Å². The summed E-state index contributed by atoms with van der Waals surface area (Å²) in [6.07, 6.45) is 16.8. The van der Waals surface area contributed by atoms with E-state index in [1.54, 1.807) is 0 Å². The quantitative estimate of drug-likeness (QED) is 0.296. The Kier molecular flexibility index (Phi) is 12.4. The SMILES string of the molecule is CCCCCCCCCCCCC(C)OC(=O)C1CCCCC1C(=O)O. The zero-order chi connectivity index (χ0) is 19.2. The van der Waals surface area contributed by atoms with Crippen LogP contribution in [0.25, 0.3) is 0 Å². The monoisotopic (exact) mass is 368 g/mol. The van der Waals surface area contributed by atoms with E-state index in [4.69, 9.17) is 4.74 Å². The summed E-state index contributed by atoms with van der Waals surface area (Å²) in [5, 5.41) is 9.29. The minimum atomic E-state index is -0.853. The molecule has 0 bridgehead atoms. The van der Waals surface area contributed by atoms with E-state index in [0.717, 1.165) is 25.7 Å². The van der Waals surface area contributed by atoms with E-state index in [9.17, 15) is 14.7 Å². The molecule has 152 valence electrons. The van der Waals surface area contributed by atoms with Gasteiger partial charge in [0.1, 0.15) is 0 Å². The lowest BCUT2D eigenvalue weighted by Gasteiger charge is -2.28. The summed E-state index contributed by atoms with van der Waals surface area (Å²) in [4.78, 5) is 23.6. The second-order valence-corrected chi connectivity index (χ2v) is 8.05. The highest BCUT2D eigenvalue weighted by Gasteiger charge is 2.37. The third kappa shape index (κ3) is 9.59. The zero-order valence-electron chi connectivity index (χ0n) is 17.0. The van der Waals surface area contributed by atoms with Gasteiger partial charge < -0.3 is 9.84 Å². The zero-order valence-corrected chi connectivity index (χ0v) is 17.0. The van der Waals surface area contributed by atoms with Crippen LogP contribution >= 0.6 is 0 Å². The predicted octanol–water partition coefficient (Wildman–Crippen LogP) is 6.12. The van der Waals surface area contributed by atoms with Crippen LogP contribution in [0.15, 0.2) is 0 Å². The maximum atomic E-state index is 12.3. The van der Waals surface area contributed by atoms with Gasteiger partial charge in [-0.3, -0.25) is 9.59 Å². The Morgan fingerprint density at radius 1 is 0.885 bits per heavy atom. The highest BCUT2D eigenvalue weighted by Crippen LogP contribution is 2.31. The molecule has 1 fully saturated rings. The van der Waals surface area contributed by atoms with E-state index in [2.05, 4.69) is 6.92 Å². The molecule has 1 N–H and O–H groups in total. The number of esters is 1. The van der Waals surface area contributed by atoms with Crippen LogP contribution in [0.4, 0.5) is 0 Å². The van der Waals surface area contributed by atoms with Crippen molar-refractivity contribution in [1.82, 2.24) is 0 Å². The first-order chi connectivity index (χ1) is 12.6. The number of hydrogen-bond acceptors (Lipinski definition) is 3. The Balaban J connectivity index is 2.07. The third-order valence-corrected chi connectivity index (χ3v) is 5.67. The van der Waals surface area contributed by atoms with Crippen molar-refractivity contribution in [2.24, 2.45) is 11.8 Å². The van der Waals surface area contributed by atoms with Crippen molar-refractivity contribution in [1.29, 1.82) is 0 Å². The molecule has 1 rings (SSSR count). The molecule has 0 radical (unpaired) electrons. The second-order valence-electron chi connectivity index (χ2n) is 8.05. The molecule has 3 unspecified atom stereocenters. The fourth-order valence-corrected chi connectivity index (χ4v) is 3.97. The van der Waals surface area contributed by atoms with Crippen molar-refractivity contribution < 1.29 is 19.4 Å². The molecule has 0 amide bonds. The molecule has 1 aliphatic rings. The van der Waals surface area contributed by atoms with Crippen LogP contribution in [-0.2, 0) is 14.3 Å². The van der Waals surface area contributed by atoms with E-state index < -0.39 is 17.8 Å². The summed E-state index contributed by atoms with van der Waals surface area (Å²) < 4.78 is 5.55. The second kappa shape index (κ2) is 14.1. The highest BCUT2D eigenvalue weighted by molar-refractivity contribution is 5.81. The number of carbonyl (C=O) groups is 2. The van der Waals surface area contributed by atoms with Gasteiger partial charge in [0.2, 0.25) is 0 Å². The normalized spacial score (nSPS) is 21.3. The van der Waals surface area contributed by atoms with E-state index >= 15 is 0 Å². The molecule has 4 heteroatoms. The van der Waals surface area contributed by atoms with E-state index in [1.807, 2.05) is 6.92 Å². The molecule has 0 aromatic heterocycles. The molecule has 1 saturated carbocycles. The fraction of sp³-hybridized carbons (Fsp3) is 0.909. The molecule has 0 spiro atoms. The van der Waals surface area contributed by atoms with Gasteiger partial charge in [0.05, 0.1) is 17.9 Å². The molecule has 0 aromatic carbocycles. The molecule has 26 heavy (non-hydrogen) atoms. The minimum Gasteiger partial charge on any atom is -0.481 e. The largest absolute Gasteiger partial charge is 0.481 e. The summed E-state index contributed by atoms with van der Waals surface area (Å²) in [7, 11) is 0. The average Bonchev–Trinajstić information content (AvgIpc) is 2.63. The Morgan fingerprint density at radius 3 is 1.92 bits per heavy atom. The topological polar surface area (TPSA) is 63.6 Å². The molecule has 3 atom stereocenters. The van der Waals surface area contributed by atoms with Crippen LogP contribution in [0, 0.1) is 11.8 Å². The van der Waals surface area contributed by atoms with E-state index in [0.29, 0.717) is 12.8 Å². The molecule has 4 nitrogen and oxygen atoms in total. The lowest BCUT2D eigenvalue weighted by atomic mass is 9.79. The van der Waals surface area contributed by atoms with Crippen molar-refractivity contribution in [2.75, 3.05) is 0 Å². The predicted molar refractivity (Wildman–Crippen MR) is 105 cm³/mol. The Labute approximate surface area is 160 Å². The molecular weight excluding hydrogens is 328 g/mol.